The fraction of sp³-hybridized carbons (Fsp3) is 0.667. The summed E-state index contributed by atoms with van der Waals surface area (Å²) in [5.41, 5.74) is 1.27. The van der Waals surface area contributed by atoms with E-state index in [1.54, 1.807) is 0 Å². The van der Waals surface area contributed by atoms with Crippen molar-refractivity contribution in [3.8, 4) is 0 Å². The molecule has 0 radical (unpaired) electrons. The van der Waals surface area contributed by atoms with Crippen LogP contribution in [0, 0.1) is 0 Å². The predicted molar refractivity (Wildman–Crippen MR) is 49.9 cm³/mol. The lowest BCUT2D eigenvalue weighted by Crippen LogP contribution is -2.16. The van der Waals surface area contributed by atoms with E-state index < -0.39 is 0 Å². The van der Waals surface area contributed by atoms with Gasteiger partial charge in [-0.25, -0.2) is 4.98 Å². The second-order valence-electron chi connectivity index (χ2n) is 2.85. The van der Waals surface area contributed by atoms with Gasteiger partial charge in [-0.3, -0.25) is 0 Å². The second-order valence-corrected chi connectivity index (χ2v) is 2.85. The lowest BCUT2D eigenvalue weighted by atomic mass is 10.4. The molecule has 0 fully saturated rings. The largest absolute Gasteiger partial charge is 0.334 e. The van der Waals surface area contributed by atoms with Gasteiger partial charge in [0.2, 0.25) is 0 Å². The zero-order valence-electron chi connectivity index (χ0n) is 7.88. The Morgan fingerprint density at radius 2 is 2.33 bits per heavy atom. The quantitative estimate of drug-likeness (QED) is 0.672. The summed E-state index contributed by atoms with van der Waals surface area (Å²) in [7, 11) is 0. The van der Waals surface area contributed by atoms with E-state index in [9.17, 15) is 0 Å². The highest BCUT2D eigenvalue weighted by molar-refractivity contribution is 4.97. The molecular weight excluding hydrogens is 150 g/mol. The van der Waals surface area contributed by atoms with Crippen LogP contribution in [0.25, 0.3) is 0 Å². The third kappa shape index (κ3) is 2.34. The van der Waals surface area contributed by atoms with Crippen LogP contribution in [0.3, 0.4) is 0 Å². The molecule has 1 aromatic rings. The lowest BCUT2D eigenvalue weighted by Gasteiger charge is -2.05. The third-order valence-corrected chi connectivity index (χ3v) is 1.87. The Balaban J connectivity index is 2.39. The lowest BCUT2D eigenvalue weighted by molar-refractivity contribution is 0.622. The van der Waals surface area contributed by atoms with E-state index in [4.69, 9.17) is 0 Å². The molecule has 0 saturated carbocycles. The summed E-state index contributed by atoms with van der Waals surface area (Å²) < 4.78 is 2.16. The molecule has 68 valence electrons. The number of aryl methyl sites for hydroxylation is 1. The molecule has 0 aliphatic carbocycles. The van der Waals surface area contributed by atoms with Crippen LogP contribution < -0.4 is 5.32 Å². The van der Waals surface area contributed by atoms with E-state index >= 15 is 0 Å². The molecular formula is C9H17N3. The van der Waals surface area contributed by atoms with Crippen LogP contribution in [0.4, 0.5) is 0 Å². The fourth-order valence-corrected chi connectivity index (χ4v) is 1.17. The molecule has 0 spiro atoms. The number of hydrogen-bond acceptors (Lipinski definition) is 2. The molecule has 0 unspecified atom stereocenters. The maximum atomic E-state index is 4.09. The van der Waals surface area contributed by atoms with Gasteiger partial charge < -0.3 is 9.88 Å². The first-order valence-corrected chi connectivity index (χ1v) is 4.58. The van der Waals surface area contributed by atoms with Crippen molar-refractivity contribution in [3.05, 3.63) is 18.2 Å². The average Bonchev–Trinajstić information content (AvgIpc) is 2.52. The molecule has 0 atom stereocenters. The summed E-state index contributed by atoms with van der Waals surface area (Å²) in [5, 5.41) is 3.35. The molecule has 0 amide bonds. The van der Waals surface area contributed by atoms with Gasteiger partial charge in [-0.2, -0.15) is 0 Å². The van der Waals surface area contributed by atoms with Crippen LogP contribution in [0.1, 0.15) is 26.0 Å². The smallest absolute Gasteiger partial charge is 0.0948 e. The van der Waals surface area contributed by atoms with E-state index in [-0.39, 0.29) is 0 Å². The minimum atomic E-state index is 0.932. The van der Waals surface area contributed by atoms with Gasteiger partial charge in [0, 0.05) is 19.3 Å². The van der Waals surface area contributed by atoms with Crippen molar-refractivity contribution in [1.82, 2.24) is 14.9 Å². The summed E-state index contributed by atoms with van der Waals surface area (Å²) >= 11 is 0. The first kappa shape index (κ1) is 9.26. The topological polar surface area (TPSA) is 29.9 Å². The second kappa shape index (κ2) is 4.93. The number of rotatable bonds is 5. The van der Waals surface area contributed by atoms with Crippen molar-refractivity contribution in [2.75, 3.05) is 6.54 Å². The highest BCUT2D eigenvalue weighted by atomic mass is 15.1. The van der Waals surface area contributed by atoms with E-state index in [0.29, 0.717) is 0 Å². The van der Waals surface area contributed by atoms with E-state index in [2.05, 4.69) is 28.7 Å². The summed E-state index contributed by atoms with van der Waals surface area (Å²) in [4.78, 5) is 4.09. The van der Waals surface area contributed by atoms with Gasteiger partial charge in [-0.1, -0.05) is 6.92 Å². The summed E-state index contributed by atoms with van der Waals surface area (Å²) in [6.07, 6.45) is 4.98. The highest BCUT2D eigenvalue weighted by Gasteiger charge is 1.97. The normalized spacial score (nSPS) is 10.5. The number of hydrogen-bond donors (Lipinski definition) is 1. The molecule has 3 heteroatoms. The third-order valence-electron chi connectivity index (χ3n) is 1.87. The van der Waals surface area contributed by atoms with Crippen LogP contribution in [0.5, 0.6) is 0 Å². The number of nitrogens with one attached hydrogen (secondary N) is 1. The Bertz CT molecular complexity index is 217. The van der Waals surface area contributed by atoms with Crippen LogP contribution in [0.15, 0.2) is 12.5 Å². The van der Waals surface area contributed by atoms with Crippen LogP contribution >= 0.6 is 0 Å². The Hall–Kier alpha value is -0.830. The average molecular weight is 167 g/mol. The minimum absolute atomic E-state index is 0.932. The number of imidazole rings is 1. The maximum absolute atomic E-state index is 4.09. The van der Waals surface area contributed by atoms with Crippen molar-refractivity contribution in [2.45, 2.75) is 33.4 Å². The molecule has 0 saturated heterocycles. The molecule has 0 aliphatic heterocycles. The van der Waals surface area contributed by atoms with Crippen molar-refractivity contribution in [3.63, 3.8) is 0 Å². The van der Waals surface area contributed by atoms with Gasteiger partial charge in [0.05, 0.1) is 12.0 Å². The monoisotopic (exact) mass is 167 g/mol. The van der Waals surface area contributed by atoms with Gasteiger partial charge in [0.25, 0.3) is 0 Å². The summed E-state index contributed by atoms with van der Waals surface area (Å²) in [6, 6.07) is 0. The molecule has 1 rings (SSSR count). The van der Waals surface area contributed by atoms with Crippen LogP contribution in [-0.2, 0) is 13.1 Å². The Labute approximate surface area is 73.8 Å². The molecule has 1 N–H and O–H groups in total. The molecule has 1 aromatic heterocycles. The minimum Gasteiger partial charge on any atom is -0.334 e. The zero-order chi connectivity index (χ0) is 8.81. The highest BCUT2D eigenvalue weighted by Crippen LogP contribution is 1.97. The SMILES string of the molecule is CCCNCc1cncn1CC. The first-order valence-electron chi connectivity index (χ1n) is 4.58. The summed E-state index contributed by atoms with van der Waals surface area (Å²) in [5.74, 6) is 0. The van der Waals surface area contributed by atoms with Crippen molar-refractivity contribution >= 4 is 0 Å². The van der Waals surface area contributed by atoms with Crippen LogP contribution in [0.2, 0.25) is 0 Å². The summed E-state index contributed by atoms with van der Waals surface area (Å²) in [6.45, 7) is 7.31. The van der Waals surface area contributed by atoms with Crippen molar-refractivity contribution < 1.29 is 0 Å². The fourth-order valence-electron chi connectivity index (χ4n) is 1.17. The first-order chi connectivity index (χ1) is 5.88. The molecule has 3 nitrogen and oxygen atoms in total. The molecule has 0 bridgehead atoms. The van der Waals surface area contributed by atoms with Gasteiger partial charge in [0.15, 0.2) is 0 Å². The standard InChI is InChI=1S/C9H17N3/c1-3-5-10-6-9-7-11-8-12(9)4-2/h7-8,10H,3-6H2,1-2H3. The van der Waals surface area contributed by atoms with Gasteiger partial charge >= 0.3 is 0 Å². The van der Waals surface area contributed by atoms with Crippen molar-refractivity contribution in [1.29, 1.82) is 0 Å². The zero-order valence-corrected chi connectivity index (χ0v) is 7.88. The van der Waals surface area contributed by atoms with Gasteiger partial charge in [0.1, 0.15) is 0 Å². The van der Waals surface area contributed by atoms with E-state index in [1.165, 1.54) is 12.1 Å². The van der Waals surface area contributed by atoms with Crippen molar-refractivity contribution in [2.24, 2.45) is 0 Å². The van der Waals surface area contributed by atoms with Gasteiger partial charge in [-0.15, -0.1) is 0 Å². The number of aromatic nitrogens is 2. The predicted octanol–water partition coefficient (Wildman–Crippen LogP) is 1.40. The van der Waals surface area contributed by atoms with E-state index in [0.717, 1.165) is 19.6 Å². The molecule has 0 aromatic carbocycles. The number of nitrogens with zero attached hydrogens (tertiary/aromatic N) is 2. The Morgan fingerprint density at radius 1 is 1.50 bits per heavy atom. The maximum Gasteiger partial charge on any atom is 0.0948 e. The Morgan fingerprint density at radius 3 is 3.00 bits per heavy atom. The molecule has 0 aliphatic rings. The van der Waals surface area contributed by atoms with E-state index in [1.807, 2.05) is 12.5 Å². The van der Waals surface area contributed by atoms with Gasteiger partial charge in [-0.05, 0) is 19.9 Å². The molecule has 12 heavy (non-hydrogen) atoms. The molecule has 1 heterocycles. The van der Waals surface area contributed by atoms with Crippen LogP contribution in [-0.4, -0.2) is 16.1 Å². The Kier molecular flexibility index (Phi) is 3.80.